The van der Waals surface area contributed by atoms with Crippen LogP contribution in [0.15, 0.2) is 24.3 Å². The van der Waals surface area contributed by atoms with E-state index < -0.39 is 23.3 Å². The number of benzene rings is 1. The van der Waals surface area contributed by atoms with Gasteiger partial charge in [0.15, 0.2) is 0 Å². The Balaban J connectivity index is 2.37. The lowest BCUT2D eigenvalue weighted by molar-refractivity contribution is -0.167. The lowest BCUT2D eigenvalue weighted by Gasteiger charge is -2.29. The van der Waals surface area contributed by atoms with Gasteiger partial charge in [0, 0.05) is 6.92 Å². The minimum Gasteiger partial charge on any atom is -0.423 e. The van der Waals surface area contributed by atoms with E-state index in [2.05, 4.69) is 0 Å². The third-order valence-electron chi connectivity index (χ3n) is 2.56. The molecule has 1 atom stereocenters. The predicted octanol–water partition coefficient (Wildman–Crippen LogP) is 0.615. The molecule has 0 aliphatic carbocycles. The van der Waals surface area contributed by atoms with Gasteiger partial charge in [-0.2, -0.15) is 0 Å². The van der Waals surface area contributed by atoms with E-state index in [-0.39, 0.29) is 11.3 Å². The normalized spacial score (nSPS) is 22.1. The average Bonchev–Trinajstić information content (AvgIpc) is 2.34. The van der Waals surface area contributed by atoms with Crippen molar-refractivity contribution in [3.63, 3.8) is 0 Å². The molecular weight excluding hydrogens is 238 g/mol. The summed E-state index contributed by atoms with van der Waals surface area (Å²) in [6.45, 7) is 2.46. The Morgan fingerprint density at radius 3 is 2.67 bits per heavy atom. The molecule has 1 heterocycles. The number of Topliss-reactive ketones (excluding diaryl/α,β-unsaturated/α-hetero) is 1. The molecule has 0 spiro atoms. The Morgan fingerprint density at radius 1 is 1.33 bits per heavy atom. The lowest BCUT2D eigenvalue weighted by Crippen LogP contribution is -2.54. The first kappa shape index (κ1) is 12.3. The van der Waals surface area contributed by atoms with Crippen LogP contribution < -0.4 is 10.2 Å². The number of carbonyl (C=O) groups is 3. The van der Waals surface area contributed by atoms with Crippen molar-refractivity contribution in [3.05, 3.63) is 29.8 Å². The van der Waals surface area contributed by atoms with Crippen LogP contribution in [0.4, 0.5) is 0 Å². The summed E-state index contributed by atoms with van der Waals surface area (Å²) in [6, 6.07) is 6.34. The molecule has 1 amide bonds. The molecule has 0 saturated carbocycles. The summed E-state index contributed by atoms with van der Waals surface area (Å²) in [4.78, 5) is 39.6. The number of carbonyl (C=O) groups excluding carboxylic acids is 3. The second kappa shape index (κ2) is 4.23. The summed E-state index contributed by atoms with van der Waals surface area (Å²) in [5, 5.41) is 0. The highest BCUT2D eigenvalue weighted by atomic mass is 16.7. The molecule has 0 bridgehead atoms. The molecule has 6 nitrogen and oxygen atoms in total. The van der Waals surface area contributed by atoms with Crippen molar-refractivity contribution in [2.24, 2.45) is 0 Å². The molecule has 0 aromatic heterocycles. The Labute approximate surface area is 103 Å². The predicted molar refractivity (Wildman–Crippen MR) is 59.7 cm³/mol. The van der Waals surface area contributed by atoms with Gasteiger partial charge in [0.1, 0.15) is 5.75 Å². The molecule has 1 unspecified atom stereocenters. The van der Waals surface area contributed by atoms with Crippen LogP contribution in [0.5, 0.6) is 5.75 Å². The van der Waals surface area contributed by atoms with Gasteiger partial charge in [-0.1, -0.05) is 12.1 Å². The number of nitrogens with one attached hydrogen (secondary N) is 1. The number of para-hydroxylation sites is 1. The van der Waals surface area contributed by atoms with Crippen molar-refractivity contribution < 1.29 is 24.0 Å². The molecule has 0 radical (unpaired) electrons. The van der Waals surface area contributed by atoms with Crippen LogP contribution >= 0.6 is 0 Å². The van der Waals surface area contributed by atoms with Gasteiger partial charge < -0.3 is 4.74 Å². The first-order chi connectivity index (χ1) is 8.45. The quantitative estimate of drug-likeness (QED) is 0.359. The Kier molecular flexibility index (Phi) is 2.88. The van der Waals surface area contributed by atoms with Crippen LogP contribution in [0.1, 0.15) is 24.2 Å². The molecule has 2 rings (SSSR count). The molecule has 1 aromatic carbocycles. The Bertz CT molecular complexity index is 539. The van der Waals surface area contributed by atoms with E-state index in [0.29, 0.717) is 0 Å². The molecule has 1 aliphatic heterocycles. The molecule has 1 aromatic rings. The number of ketones is 1. The maximum Gasteiger partial charge on any atom is 0.354 e. The van der Waals surface area contributed by atoms with Gasteiger partial charge in [-0.15, -0.1) is 0 Å². The first-order valence-corrected chi connectivity index (χ1v) is 5.26. The third kappa shape index (κ3) is 1.86. The van der Waals surface area contributed by atoms with Gasteiger partial charge in [-0.3, -0.25) is 9.59 Å². The molecule has 18 heavy (non-hydrogen) atoms. The number of amides is 1. The molecular formula is C12H11NO5. The van der Waals surface area contributed by atoms with Crippen molar-refractivity contribution in [2.45, 2.75) is 19.4 Å². The van der Waals surface area contributed by atoms with Crippen LogP contribution in [0.2, 0.25) is 0 Å². The molecule has 94 valence electrons. The number of fused-ring (bicyclic) bond motifs is 1. The Morgan fingerprint density at radius 2 is 2.00 bits per heavy atom. The number of hydrogen-bond acceptors (Lipinski definition) is 5. The van der Waals surface area contributed by atoms with Crippen LogP contribution in [0, 0.1) is 0 Å². The van der Waals surface area contributed by atoms with Crippen molar-refractivity contribution in [1.82, 2.24) is 5.48 Å². The van der Waals surface area contributed by atoms with Gasteiger partial charge in [-0.05, 0) is 19.1 Å². The largest absolute Gasteiger partial charge is 0.423 e. The number of esters is 1. The standard InChI is InChI=1S/C12H11NO5/c1-7(14)13-18-12(2)10(15)8-5-3-4-6-9(8)17-11(12)16/h3-6H,1-2H3,(H,13,14). The fourth-order valence-corrected chi connectivity index (χ4v) is 1.55. The van der Waals surface area contributed by atoms with E-state index in [9.17, 15) is 14.4 Å². The van der Waals surface area contributed by atoms with Gasteiger partial charge in [-0.25, -0.2) is 15.1 Å². The second-order valence-corrected chi connectivity index (χ2v) is 4.01. The number of hydroxylamine groups is 1. The van der Waals surface area contributed by atoms with E-state index >= 15 is 0 Å². The zero-order valence-electron chi connectivity index (χ0n) is 9.85. The van der Waals surface area contributed by atoms with Crippen molar-refractivity contribution >= 4 is 17.7 Å². The monoisotopic (exact) mass is 249 g/mol. The lowest BCUT2D eigenvalue weighted by atomic mass is 9.92. The smallest absolute Gasteiger partial charge is 0.354 e. The van der Waals surface area contributed by atoms with Crippen LogP contribution in [-0.2, 0) is 14.4 Å². The summed E-state index contributed by atoms with van der Waals surface area (Å²) in [5.41, 5.74) is 0.366. The highest BCUT2D eigenvalue weighted by Gasteiger charge is 2.50. The van der Waals surface area contributed by atoms with Crippen molar-refractivity contribution in [3.8, 4) is 5.75 Å². The van der Waals surface area contributed by atoms with Gasteiger partial charge >= 0.3 is 5.97 Å². The van der Waals surface area contributed by atoms with Gasteiger partial charge in [0.05, 0.1) is 5.56 Å². The highest BCUT2D eigenvalue weighted by molar-refractivity contribution is 6.19. The van der Waals surface area contributed by atoms with Crippen molar-refractivity contribution in [2.75, 3.05) is 0 Å². The van der Waals surface area contributed by atoms with Gasteiger partial charge in [0.2, 0.25) is 11.7 Å². The van der Waals surface area contributed by atoms with Crippen molar-refractivity contribution in [1.29, 1.82) is 0 Å². The molecule has 0 fully saturated rings. The van der Waals surface area contributed by atoms with Crippen LogP contribution in [-0.4, -0.2) is 23.3 Å². The molecule has 1 N–H and O–H groups in total. The second-order valence-electron chi connectivity index (χ2n) is 4.01. The maximum atomic E-state index is 12.2. The highest BCUT2D eigenvalue weighted by Crippen LogP contribution is 2.31. The van der Waals surface area contributed by atoms with E-state index in [1.54, 1.807) is 12.1 Å². The molecule has 6 heteroatoms. The Hall–Kier alpha value is -2.21. The van der Waals surface area contributed by atoms with E-state index in [1.807, 2.05) is 5.48 Å². The summed E-state index contributed by atoms with van der Waals surface area (Å²) >= 11 is 0. The zero-order valence-corrected chi connectivity index (χ0v) is 9.85. The SMILES string of the molecule is CC(=O)NOC1(C)C(=O)Oc2ccccc2C1=O. The summed E-state index contributed by atoms with van der Waals surface area (Å²) in [7, 11) is 0. The van der Waals surface area contributed by atoms with Gasteiger partial charge in [0.25, 0.3) is 5.60 Å². The fraction of sp³-hybridized carbons (Fsp3) is 0.250. The molecule has 0 saturated heterocycles. The minimum atomic E-state index is -1.86. The average molecular weight is 249 g/mol. The minimum absolute atomic E-state index is 0.191. The van der Waals surface area contributed by atoms with Crippen LogP contribution in [0.3, 0.4) is 0 Å². The van der Waals surface area contributed by atoms with Crippen LogP contribution in [0.25, 0.3) is 0 Å². The number of hydrogen-bond donors (Lipinski definition) is 1. The molecule has 1 aliphatic rings. The third-order valence-corrected chi connectivity index (χ3v) is 2.56. The number of ether oxygens (including phenoxy) is 1. The van der Waals surface area contributed by atoms with E-state index in [0.717, 1.165) is 0 Å². The van der Waals surface area contributed by atoms with E-state index in [1.165, 1.54) is 26.0 Å². The first-order valence-electron chi connectivity index (χ1n) is 5.26. The zero-order chi connectivity index (χ0) is 13.3. The topological polar surface area (TPSA) is 81.7 Å². The maximum absolute atomic E-state index is 12.2. The summed E-state index contributed by atoms with van der Waals surface area (Å²) in [6.07, 6.45) is 0. The summed E-state index contributed by atoms with van der Waals surface area (Å²) in [5.74, 6) is -1.74. The fourth-order valence-electron chi connectivity index (χ4n) is 1.55. The number of rotatable bonds is 2. The van der Waals surface area contributed by atoms with E-state index in [4.69, 9.17) is 9.57 Å². The summed E-state index contributed by atoms with van der Waals surface area (Å²) < 4.78 is 5.01.